The Balaban J connectivity index is 1.57. The fraction of sp³-hybridized carbons (Fsp3) is 0.150. The lowest BCUT2D eigenvalue weighted by Gasteiger charge is -2.12. The molecular formula is C20H16N6OS2. The summed E-state index contributed by atoms with van der Waals surface area (Å²) in [6.45, 7) is 1.81. The molecule has 0 spiro atoms. The van der Waals surface area contributed by atoms with Crippen molar-refractivity contribution in [2.24, 2.45) is 7.05 Å². The van der Waals surface area contributed by atoms with Gasteiger partial charge < -0.3 is 5.32 Å². The topological polar surface area (TPSA) is 96.5 Å². The Hall–Kier alpha value is -3.22. The molecule has 0 aliphatic carbocycles. The third-order valence-corrected chi connectivity index (χ3v) is 6.52. The van der Waals surface area contributed by atoms with E-state index in [9.17, 15) is 4.79 Å². The van der Waals surface area contributed by atoms with E-state index in [1.54, 1.807) is 25.3 Å². The summed E-state index contributed by atoms with van der Waals surface area (Å²) in [5.74, 6) is 0.167. The molecule has 0 aliphatic rings. The van der Waals surface area contributed by atoms with E-state index in [1.807, 2.05) is 24.3 Å². The Kier molecular flexibility index (Phi) is 5.29. The van der Waals surface area contributed by atoms with Gasteiger partial charge in [-0.3, -0.25) is 9.48 Å². The Labute approximate surface area is 175 Å². The normalized spacial score (nSPS) is 11.9. The van der Waals surface area contributed by atoms with E-state index >= 15 is 0 Å². The number of aromatic nitrogens is 4. The van der Waals surface area contributed by atoms with Crippen molar-refractivity contribution < 1.29 is 4.79 Å². The van der Waals surface area contributed by atoms with Crippen LogP contribution < -0.4 is 5.32 Å². The molecule has 144 valence electrons. The smallest absolute Gasteiger partial charge is 0.238 e. The predicted molar refractivity (Wildman–Crippen MR) is 115 cm³/mol. The zero-order valence-corrected chi connectivity index (χ0v) is 17.3. The van der Waals surface area contributed by atoms with Crippen molar-refractivity contribution in [3.8, 4) is 16.5 Å². The lowest BCUT2D eigenvalue weighted by molar-refractivity contribution is -0.115. The maximum atomic E-state index is 12.7. The molecule has 3 aromatic heterocycles. The largest absolute Gasteiger partial charge is 0.309 e. The molecule has 0 radical (unpaired) electrons. The summed E-state index contributed by atoms with van der Waals surface area (Å²) in [7, 11) is 1.68. The summed E-state index contributed by atoms with van der Waals surface area (Å²) in [4.78, 5) is 23.4. The minimum Gasteiger partial charge on any atom is -0.309 e. The second-order valence-corrected chi connectivity index (χ2v) is 8.63. The number of nitrogens with zero attached hydrogens (tertiary/aromatic N) is 5. The Bertz CT molecular complexity index is 1220. The van der Waals surface area contributed by atoms with Crippen LogP contribution in [0.25, 0.3) is 20.7 Å². The van der Waals surface area contributed by atoms with Crippen LogP contribution in [0.4, 0.5) is 5.82 Å². The molecule has 3 heterocycles. The van der Waals surface area contributed by atoms with Crippen LogP contribution in [0.1, 0.15) is 12.5 Å². The number of thiophene rings is 1. The number of aryl methyl sites for hydroxylation is 1. The Morgan fingerprint density at radius 3 is 2.86 bits per heavy atom. The fourth-order valence-electron chi connectivity index (χ4n) is 2.78. The number of rotatable bonds is 5. The van der Waals surface area contributed by atoms with Gasteiger partial charge in [-0.2, -0.15) is 10.4 Å². The number of nitrogens with one attached hydrogen (secondary N) is 1. The van der Waals surface area contributed by atoms with E-state index in [0.717, 1.165) is 25.7 Å². The van der Waals surface area contributed by atoms with Crippen LogP contribution in [0.5, 0.6) is 0 Å². The molecule has 4 rings (SSSR count). The first-order chi connectivity index (χ1) is 14.1. The molecule has 1 aromatic carbocycles. The zero-order valence-electron chi connectivity index (χ0n) is 15.7. The molecule has 1 atom stereocenters. The highest BCUT2D eigenvalue weighted by molar-refractivity contribution is 8.00. The van der Waals surface area contributed by atoms with Crippen molar-refractivity contribution >= 4 is 45.0 Å². The van der Waals surface area contributed by atoms with Crippen LogP contribution >= 0.6 is 23.1 Å². The van der Waals surface area contributed by atoms with Gasteiger partial charge in [-0.05, 0) is 18.6 Å². The molecule has 29 heavy (non-hydrogen) atoms. The van der Waals surface area contributed by atoms with E-state index in [0.29, 0.717) is 11.4 Å². The highest BCUT2D eigenvalue weighted by Crippen LogP contribution is 2.37. The molecule has 1 amide bonds. The molecule has 0 bridgehead atoms. The highest BCUT2D eigenvalue weighted by atomic mass is 32.2. The standard InChI is InChI=1S/C20H16N6OS2/c1-12(18(27)25-17-14(9-21)10-24-26(17)2)28-19-15-8-16(13-6-4-3-5-7-13)29-20(15)23-11-22-19/h3-8,10-12H,1-2H3,(H,25,27). The van der Waals surface area contributed by atoms with Gasteiger partial charge in [0.05, 0.1) is 11.4 Å². The van der Waals surface area contributed by atoms with Crippen molar-refractivity contribution in [2.75, 3.05) is 5.32 Å². The summed E-state index contributed by atoms with van der Waals surface area (Å²) in [6, 6.07) is 14.2. The molecule has 1 N–H and O–H groups in total. The van der Waals surface area contributed by atoms with E-state index < -0.39 is 5.25 Å². The van der Waals surface area contributed by atoms with Crippen LogP contribution in [0.3, 0.4) is 0 Å². The molecule has 0 saturated heterocycles. The van der Waals surface area contributed by atoms with Crippen LogP contribution in [0.2, 0.25) is 0 Å². The first-order valence-electron chi connectivity index (χ1n) is 8.76. The summed E-state index contributed by atoms with van der Waals surface area (Å²) < 4.78 is 1.47. The number of carbonyl (C=O) groups excluding carboxylic acids is 1. The average Bonchev–Trinajstić information content (AvgIpc) is 3.33. The van der Waals surface area contributed by atoms with Crippen LogP contribution in [0, 0.1) is 11.3 Å². The Morgan fingerprint density at radius 1 is 1.31 bits per heavy atom. The molecule has 0 aliphatic heterocycles. The van der Waals surface area contributed by atoms with Crippen molar-refractivity contribution in [3.63, 3.8) is 0 Å². The number of hydrogen-bond donors (Lipinski definition) is 1. The first-order valence-corrected chi connectivity index (χ1v) is 10.5. The van der Waals surface area contributed by atoms with Gasteiger partial charge in [0.2, 0.25) is 5.91 Å². The third-order valence-electron chi connectivity index (χ3n) is 4.31. The minimum absolute atomic E-state index is 0.222. The fourth-order valence-corrected chi connectivity index (χ4v) is 4.74. The molecular weight excluding hydrogens is 404 g/mol. The molecule has 4 aromatic rings. The number of amides is 1. The number of hydrogen-bond acceptors (Lipinski definition) is 7. The second kappa shape index (κ2) is 8.03. The SMILES string of the molecule is CC(Sc1ncnc2sc(-c3ccccc3)cc12)C(=O)Nc1c(C#N)cnn1C. The zero-order chi connectivity index (χ0) is 20.4. The summed E-state index contributed by atoms with van der Waals surface area (Å²) in [5, 5.41) is 17.2. The van der Waals surface area contributed by atoms with Gasteiger partial charge in [-0.25, -0.2) is 9.97 Å². The number of thioether (sulfide) groups is 1. The number of carbonyl (C=O) groups is 1. The number of benzene rings is 1. The quantitative estimate of drug-likeness (QED) is 0.386. The molecule has 1 unspecified atom stereocenters. The van der Waals surface area contributed by atoms with E-state index in [1.165, 1.54) is 29.0 Å². The average molecular weight is 421 g/mol. The molecule has 0 fully saturated rings. The van der Waals surface area contributed by atoms with Crippen molar-refractivity contribution in [3.05, 3.63) is 54.5 Å². The van der Waals surface area contributed by atoms with Gasteiger partial charge in [0.1, 0.15) is 33.6 Å². The van der Waals surface area contributed by atoms with Crippen molar-refractivity contribution in [2.45, 2.75) is 17.2 Å². The van der Waals surface area contributed by atoms with E-state index in [2.05, 4.69) is 38.6 Å². The van der Waals surface area contributed by atoms with Gasteiger partial charge in [0.15, 0.2) is 0 Å². The second-order valence-electron chi connectivity index (χ2n) is 6.27. The summed E-state index contributed by atoms with van der Waals surface area (Å²) in [5.41, 5.74) is 1.45. The molecule has 7 nitrogen and oxygen atoms in total. The minimum atomic E-state index is -0.422. The number of fused-ring (bicyclic) bond motifs is 1. The van der Waals surface area contributed by atoms with Gasteiger partial charge in [0, 0.05) is 17.3 Å². The van der Waals surface area contributed by atoms with E-state index in [-0.39, 0.29) is 5.91 Å². The highest BCUT2D eigenvalue weighted by Gasteiger charge is 2.20. The summed E-state index contributed by atoms with van der Waals surface area (Å²) >= 11 is 2.96. The lowest BCUT2D eigenvalue weighted by Crippen LogP contribution is -2.24. The number of anilines is 1. The van der Waals surface area contributed by atoms with Crippen molar-refractivity contribution in [1.29, 1.82) is 5.26 Å². The maximum Gasteiger partial charge on any atom is 0.238 e. The maximum absolute atomic E-state index is 12.7. The van der Waals surface area contributed by atoms with Crippen LogP contribution in [0.15, 0.2) is 53.9 Å². The lowest BCUT2D eigenvalue weighted by atomic mass is 10.2. The predicted octanol–water partition coefficient (Wildman–Crippen LogP) is 4.08. The van der Waals surface area contributed by atoms with Crippen LogP contribution in [-0.2, 0) is 11.8 Å². The van der Waals surface area contributed by atoms with Gasteiger partial charge in [-0.15, -0.1) is 11.3 Å². The van der Waals surface area contributed by atoms with Crippen molar-refractivity contribution in [1.82, 2.24) is 19.7 Å². The van der Waals surface area contributed by atoms with Gasteiger partial charge in [0.25, 0.3) is 0 Å². The monoisotopic (exact) mass is 420 g/mol. The third kappa shape index (κ3) is 3.85. The van der Waals surface area contributed by atoms with Gasteiger partial charge >= 0.3 is 0 Å². The Morgan fingerprint density at radius 2 is 2.10 bits per heavy atom. The molecule has 9 heteroatoms. The summed E-state index contributed by atoms with van der Waals surface area (Å²) in [6.07, 6.45) is 2.95. The van der Waals surface area contributed by atoms with Crippen LogP contribution in [-0.4, -0.2) is 30.9 Å². The van der Waals surface area contributed by atoms with E-state index in [4.69, 9.17) is 5.26 Å². The number of nitriles is 1. The van der Waals surface area contributed by atoms with Gasteiger partial charge in [-0.1, -0.05) is 42.1 Å². The first kappa shape index (κ1) is 19.1. The molecule has 0 saturated carbocycles.